The number of rotatable bonds is 4. The van der Waals surface area contributed by atoms with E-state index < -0.39 is 0 Å². The van der Waals surface area contributed by atoms with Crippen molar-refractivity contribution in [3.63, 3.8) is 0 Å². The van der Waals surface area contributed by atoms with E-state index in [4.69, 9.17) is 0 Å². The molecule has 0 spiro atoms. The molecule has 0 bridgehead atoms. The van der Waals surface area contributed by atoms with Gasteiger partial charge < -0.3 is 0 Å². The Balaban J connectivity index is 1.72. The molecule has 0 aromatic heterocycles. The van der Waals surface area contributed by atoms with Crippen LogP contribution in [0.5, 0.6) is 0 Å². The first kappa shape index (κ1) is 15.0. The highest BCUT2D eigenvalue weighted by Gasteiger charge is 2.19. The third-order valence-corrected chi connectivity index (χ3v) is 4.75. The van der Waals surface area contributed by atoms with E-state index in [1.807, 2.05) is 0 Å². The summed E-state index contributed by atoms with van der Waals surface area (Å²) in [7, 11) is 0. The van der Waals surface area contributed by atoms with E-state index in [0.717, 1.165) is 32.1 Å². The molecule has 114 valence electrons. The lowest BCUT2D eigenvalue weighted by Crippen LogP contribution is -2.12. The number of hydrogen-bond acceptors (Lipinski definition) is 1. The number of aryl methyl sites for hydroxylation is 1. The summed E-state index contributed by atoms with van der Waals surface area (Å²) >= 11 is 0. The summed E-state index contributed by atoms with van der Waals surface area (Å²) in [6, 6.07) is 17.9. The molecule has 0 aliphatic heterocycles. The summed E-state index contributed by atoms with van der Waals surface area (Å²) in [6.45, 7) is 2.21. The van der Waals surface area contributed by atoms with Gasteiger partial charge >= 0.3 is 0 Å². The Morgan fingerprint density at radius 3 is 1.95 bits per heavy atom. The zero-order valence-electron chi connectivity index (χ0n) is 13.3. The molecule has 0 radical (unpaired) electrons. The van der Waals surface area contributed by atoms with E-state index in [1.54, 1.807) is 0 Å². The lowest BCUT2D eigenvalue weighted by molar-refractivity contribution is -0.120. The largest absolute Gasteiger partial charge is 0.300 e. The quantitative estimate of drug-likeness (QED) is 0.723. The molecule has 1 aliphatic carbocycles. The Bertz CT molecular complexity index is 612. The molecule has 1 heteroatoms. The van der Waals surface area contributed by atoms with Crippen molar-refractivity contribution in [2.75, 3.05) is 0 Å². The fourth-order valence-corrected chi connectivity index (χ4v) is 3.37. The predicted molar refractivity (Wildman–Crippen MR) is 92.1 cm³/mol. The molecule has 1 nitrogen and oxygen atoms in total. The van der Waals surface area contributed by atoms with E-state index in [1.165, 1.54) is 28.7 Å². The average molecular weight is 292 g/mol. The minimum Gasteiger partial charge on any atom is -0.300 e. The summed E-state index contributed by atoms with van der Waals surface area (Å²) < 4.78 is 0. The lowest BCUT2D eigenvalue weighted by atomic mass is 9.83. The summed E-state index contributed by atoms with van der Waals surface area (Å²) in [5.41, 5.74) is 5.36. The van der Waals surface area contributed by atoms with Gasteiger partial charge in [-0.3, -0.25) is 4.79 Å². The Labute approximate surface area is 133 Å². The SMILES string of the molecule is CCCc1ccc(-c2ccc(C3CCC(=O)CC3)cc2)cc1. The molecule has 3 rings (SSSR count). The van der Waals surface area contributed by atoms with Crippen molar-refractivity contribution < 1.29 is 4.79 Å². The standard InChI is InChI=1S/C21H24O/c1-2-3-16-4-6-17(7-5-16)18-8-10-19(11-9-18)20-12-14-21(22)15-13-20/h4-11,20H,2-3,12-15H2,1H3. The van der Waals surface area contributed by atoms with Gasteiger partial charge in [-0.2, -0.15) is 0 Å². The summed E-state index contributed by atoms with van der Waals surface area (Å²) in [5, 5.41) is 0. The zero-order chi connectivity index (χ0) is 15.4. The molecule has 22 heavy (non-hydrogen) atoms. The number of carbonyl (C=O) groups is 1. The summed E-state index contributed by atoms with van der Waals surface area (Å²) in [6.07, 6.45) is 5.89. The first-order chi connectivity index (χ1) is 10.8. The Morgan fingerprint density at radius 2 is 1.41 bits per heavy atom. The molecule has 0 unspecified atom stereocenters. The van der Waals surface area contributed by atoms with Crippen LogP contribution in [0, 0.1) is 0 Å². The maximum atomic E-state index is 11.4. The first-order valence-electron chi connectivity index (χ1n) is 8.47. The van der Waals surface area contributed by atoms with Gasteiger partial charge in [-0.1, -0.05) is 61.9 Å². The Morgan fingerprint density at radius 1 is 0.864 bits per heavy atom. The van der Waals surface area contributed by atoms with Crippen molar-refractivity contribution in [2.45, 2.75) is 51.4 Å². The highest BCUT2D eigenvalue weighted by Crippen LogP contribution is 2.32. The number of carbonyl (C=O) groups excluding carboxylic acids is 1. The van der Waals surface area contributed by atoms with Gasteiger partial charge in [-0.15, -0.1) is 0 Å². The van der Waals surface area contributed by atoms with Gasteiger partial charge in [0.25, 0.3) is 0 Å². The average Bonchev–Trinajstić information content (AvgIpc) is 2.57. The predicted octanol–water partition coefficient (Wildman–Crippen LogP) is 5.53. The maximum Gasteiger partial charge on any atom is 0.132 e. The van der Waals surface area contributed by atoms with Crippen molar-refractivity contribution in [1.82, 2.24) is 0 Å². The van der Waals surface area contributed by atoms with Crippen molar-refractivity contribution in [3.05, 3.63) is 59.7 Å². The second-order valence-corrected chi connectivity index (χ2v) is 6.38. The van der Waals surface area contributed by atoms with Crippen molar-refractivity contribution in [1.29, 1.82) is 0 Å². The van der Waals surface area contributed by atoms with Crippen LogP contribution in [0.1, 0.15) is 56.1 Å². The molecule has 2 aromatic carbocycles. The summed E-state index contributed by atoms with van der Waals surface area (Å²) in [5.74, 6) is 0.999. The molecule has 1 saturated carbocycles. The number of Topliss-reactive ketones (excluding diaryl/α,β-unsaturated/α-hetero) is 1. The minimum atomic E-state index is 0.431. The molecule has 0 amide bonds. The number of benzene rings is 2. The van der Waals surface area contributed by atoms with Crippen LogP contribution in [-0.4, -0.2) is 5.78 Å². The van der Waals surface area contributed by atoms with Gasteiger partial charge in [-0.25, -0.2) is 0 Å². The van der Waals surface area contributed by atoms with Crippen molar-refractivity contribution >= 4 is 5.78 Å². The number of ketones is 1. The molecular formula is C21H24O. The van der Waals surface area contributed by atoms with Crippen molar-refractivity contribution in [2.24, 2.45) is 0 Å². The van der Waals surface area contributed by atoms with Crippen LogP contribution in [0.2, 0.25) is 0 Å². The van der Waals surface area contributed by atoms with E-state index in [0.29, 0.717) is 11.7 Å². The van der Waals surface area contributed by atoms with Gasteiger partial charge in [-0.05, 0) is 47.4 Å². The van der Waals surface area contributed by atoms with Gasteiger partial charge in [0.15, 0.2) is 0 Å². The van der Waals surface area contributed by atoms with Gasteiger partial charge in [0.2, 0.25) is 0 Å². The highest BCUT2D eigenvalue weighted by atomic mass is 16.1. The molecule has 0 atom stereocenters. The second kappa shape index (κ2) is 6.91. The van der Waals surface area contributed by atoms with Crippen LogP contribution < -0.4 is 0 Å². The lowest BCUT2D eigenvalue weighted by Gasteiger charge is -2.21. The third-order valence-electron chi connectivity index (χ3n) is 4.75. The normalized spacial score (nSPS) is 16.0. The van der Waals surface area contributed by atoms with Crippen LogP contribution in [0.25, 0.3) is 11.1 Å². The zero-order valence-corrected chi connectivity index (χ0v) is 13.3. The van der Waals surface area contributed by atoms with Crippen LogP contribution in [0.15, 0.2) is 48.5 Å². The Hall–Kier alpha value is -1.89. The van der Waals surface area contributed by atoms with E-state index in [9.17, 15) is 4.79 Å². The molecule has 2 aromatic rings. The highest BCUT2D eigenvalue weighted by molar-refractivity contribution is 5.79. The fraction of sp³-hybridized carbons (Fsp3) is 0.381. The van der Waals surface area contributed by atoms with E-state index in [2.05, 4.69) is 55.5 Å². The third kappa shape index (κ3) is 3.47. The van der Waals surface area contributed by atoms with Gasteiger partial charge in [0.05, 0.1) is 0 Å². The van der Waals surface area contributed by atoms with E-state index >= 15 is 0 Å². The minimum absolute atomic E-state index is 0.431. The monoisotopic (exact) mass is 292 g/mol. The molecule has 0 saturated heterocycles. The number of hydrogen-bond donors (Lipinski definition) is 0. The molecule has 0 heterocycles. The van der Waals surface area contributed by atoms with Gasteiger partial charge in [0.1, 0.15) is 5.78 Å². The Kier molecular flexibility index (Phi) is 4.72. The van der Waals surface area contributed by atoms with Crippen LogP contribution in [0.3, 0.4) is 0 Å². The fourth-order valence-electron chi connectivity index (χ4n) is 3.37. The van der Waals surface area contributed by atoms with E-state index in [-0.39, 0.29) is 0 Å². The second-order valence-electron chi connectivity index (χ2n) is 6.38. The van der Waals surface area contributed by atoms with Crippen LogP contribution in [0.4, 0.5) is 0 Å². The first-order valence-corrected chi connectivity index (χ1v) is 8.47. The van der Waals surface area contributed by atoms with Crippen LogP contribution >= 0.6 is 0 Å². The molecule has 1 aliphatic rings. The van der Waals surface area contributed by atoms with Gasteiger partial charge in [0, 0.05) is 12.8 Å². The van der Waals surface area contributed by atoms with Crippen LogP contribution in [-0.2, 0) is 11.2 Å². The molecule has 1 fully saturated rings. The maximum absolute atomic E-state index is 11.4. The molecule has 0 N–H and O–H groups in total. The molecular weight excluding hydrogens is 268 g/mol. The topological polar surface area (TPSA) is 17.1 Å². The van der Waals surface area contributed by atoms with Crippen molar-refractivity contribution in [3.8, 4) is 11.1 Å². The summed E-state index contributed by atoms with van der Waals surface area (Å²) in [4.78, 5) is 11.4. The smallest absolute Gasteiger partial charge is 0.132 e.